The first-order valence-electron chi connectivity index (χ1n) is 6.33. The molecule has 0 aliphatic heterocycles. The molecule has 0 aromatic heterocycles. The fourth-order valence-corrected chi connectivity index (χ4v) is 2.17. The van der Waals surface area contributed by atoms with E-state index in [1.165, 1.54) is 19.1 Å². The van der Waals surface area contributed by atoms with Crippen LogP contribution >= 0.6 is 0 Å². The largest absolute Gasteiger partial charge is 0.324 e. The van der Waals surface area contributed by atoms with Crippen molar-refractivity contribution in [2.75, 3.05) is 0 Å². The Hall–Kier alpha value is -2.34. The monoisotopic (exact) mass is 292 g/mol. The third-order valence-corrected chi connectivity index (χ3v) is 3.31. The molecule has 2 aromatic carbocycles. The number of benzene rings is 2. The van der Waals surface area contributed by atoms with Gasteiger partial charge in [0, 0.05) is 29.3 Å². The summed E-state index contributed by atoms with van der Waals surface area (Å²) in [6.45, 7) is 1.51. The first-order valence-corrected chi connectivity index (χ1v) is 6.33. The van der Waals surface area contributed by atoms with Gasteiger partial charge in [-0.1, -0.05) is 18.2 Å². The highest BCUT2D eigenvalue weighted by molar-refractivity contribution is 5.41. The van der Waals surface area contributed by atoms with Gasteiger partial charge in [-0.05, 0) is 25.0 Å². The Balaban J connectivity index is 2.33. The van der Waals surface area contributed by atoms with E-state index in [1.807, 2.05) is 0 Å². The summed E-state index contributed by atoms with van der Waals surface area (Å²) in [5.74, 6) is -1.39. The van der Waals surface area contributed by atoms with E-state index in [4.69, 9.17) is 5.73 Å². The van der Waals surface area contributed by atoms with Crippen molar-refractivity contribution in [2.24, 2.45) is 5.73 Å². The molecule has 6 heteroatoms. The predicted octanol–water partition coefficient (Wildman–Crippen LogP) is 3.42. The molecule has 1 unspecified atom stereocenters. The topological polar surface area (TPSA) is 69.2 Å². The van der Waals surface area contributed by atoms with Crippen molar-refractivity contribution >= 4 is 5.69 Å². The Morgan fingerprint density at radius 2 is 1.90 bits per heavy atom. The van der Waals surface area contributed by atoms with Gasteiger partial charge in [0.05, 0.1) is 4.92 Å². The highest BCUT2D eigenvalue weighted by Gasteiger charge is 2.19. The Morgan fingerprint density at radius 3 is 2.57 bits per heavy atom. The molecular weight excluding hydrogens is 278 g/mol. The van der Waals surface area contributed by atoms with Crippen LogP contribution in [0, 0.1) is 28.7 Å². The third kappa shape index (κ3) is 3.22. The van der Waals surface area contributed by atoms with E-state index in [1.54, 1.807) is 18.2 Å². The Labute approximate surface area is 120 Å². The average molecular weight is 292 g/mol. The predicted molar refractivity (Wildman–Crippen MR) is 74.8 cm³/mol. The second kappa shape index (κ2) is 5.97. The van der Waals surface area contributed by atoms with E-state index in [0.29, 0.717) is 5.56 Å². The van der Waals surface area contributed by atoms with E-state index < -0.39 is 22.6 Å². The lowest BCUT2D eigenvalue weighted by Gasteiger charge is -2.14. The lowest BCUT2D eigenvalue weighted by atomic mass is 9.97. The molecule has 0 spiro atoms. The second-order valence-corrected chi connectivity index (χ2v) is 4.82. The van der Waals surface area contributed by atoms with Crippen LogP contribution < -0.4 is 5.73 Å². The molecule has 0 aliphatic rings. The van der Waals surface area contributed by atoms with Crippen LogP contribution in [0.25, 0.3) is 0 Å². The molecule has 4 nitrogen and oxygen atoms in total. The van der Waals surface area contributed by atoms with Gasteiger partial charge in [-0.3, -0.25) is 10.1 Å². The molecule has 0 saturated heterocycles. The SMILES string of the molecule is Cc1cc(C(N)Cc2ccccc2[N+](=O)[O-])c(F)cc1F. The van der Waals surface area contributed by atoms with Crippen molar-refractivity contribution in [3.63, 3.8) is 0 Å². The lowest BCUT2D eigenvalue weighted by Crippen LogP contribution is -2.16. The van der Waals surface area contributed by atoms with Crippen LogP contribution in [0.5, 0.6) is 0 Å². The molecule has 2 rings (SSSR count). The van der Waals surface area contributed by atoms with E-state index in [-0.39, 0.29) is 23.2 Å². The maximum atomic E-state index is 13.8. The maximum absolute atomic E-state index is 13.8. The summed E-state index contributed by atoms with van der Waals surface area (Å²) in [5.41, 5.74) is 6.71. The van der Waals surface area contributed by atoms with Gasteiger partial charge < -0.3 is 5.73 Å². The fraction of sp³-hybridized carbons (Fsp3) is 0.200. The number of para-hydroxylation sites is 1. The van der Waals surface area contributed by atoms with Gasteiger partial charge in [0.15, 0.2) is 0 Å². The van der Waals surface area contributed by atoms with Crippen molar-refractivity contribution in [3.05, 3.63) is 74.8 Å². The van der Waals surface area contributed by atoms with Crippen molar-refractivity contribution in [3.8, 4) is 0 Å². The van der Waals surface area contributed by atoms with Crippen LogP contribution in [-0.2, 0) is 6.42 Å². The summed E-state index contributed by atoms with van der Waals surface area (Å²) < 4.78 is 27.0. The standard InChI is InChI=1S/C15H14F2N2O2/c1-9-6-11(13(17)8-12(9)16)14(18)7-10-4-2-3-5-15(10)19(20)21/h2-6,8,14H,7,18H2,1H3. The molecule has 0 bridgehead atoms. The number of nitro groups is 1. The second-order valence-electron chi connectivity index (χ2n) is 4.82. The minimum absolute atomic E-state index is 0.0628. The van der Waals surface area contributed by atoms with Crippen molar-refractivity contribution in [1.29, 1.82) is 0 Å². The summed E-state index contributed by atoms with van der Waals surface area (Å²) in [6.07, 6.45) is 0.0964. The molecule has 21 heavy (non-hydrogen) atoms. The molecule has 0 aliphatic carbocycles. The van der Waals surface area contributed by atoms with Crippen molar-refractivity contribution in [2.45, 2.75) is 19.4 Å². The van der Waals surface area contributed by atoms with Gasteiger partial charge in [-0.25, -0.2) is 8.78 Å². The first kappa shape index (κ1) is 15.1. The van der Waals surface area contributed by atoms with Crippen LogP contribution in [0.1, 0.15) is 22.7 Å². The zero-order chi connectivity index (χ0) is 15.6. The highest BCUT2D eigenvalue weighted by Crippen LogP contribution is 2.26. The number of nitrogens with two attached hydrogens (primary N) is 1. The normalized spacial score (nSPS) is 12.2. The van der Waals surface area contributed by atoms with E-state index >= 15 is 0 Å². The summed E-state index contributed by atoms with van der Waals surface area (Å²) in [5, 5.41) is 10.9. The molecule has 110 valence electrons. The number of hydrogen-bond acceptors (Lipinski definition) is 3. The Bertz CT molecular complexity index is 689. The quantitative estimate of drug-likeness (QED) is 0.693. The third-order valence-electron chi connectivity index (χ3n) is 3.31. The number of nitro benzene ring substituents is 1. The van der Waals surface area contributed by atoms with Gasteiger partial charge >= 0.3 is 0 Å². The van der Waals surface area contributed by atoms with Crippen LogP contribution in [0.4, 0.5) is 14.5 Å². The number of halogens is 2. The number of rotatable bonds is 4. The highest BCUT2D eigenvalue weighted by atomic mass is 19.1. The molecule has 0 fully saturated rings. The smallest absolute Gasteiger partial charge is 0.272 e. The summed E-state index contributed by atoms with van der Waals surface area (Å²) in [6, 6.07) is 7.48. The van der Waals surface area contributed by atoms with Crippen molar-refractivity contribution in [1.82, 2.24) is 0 Å². The molecule has 2 aromatic rings. The maximum Gasteiger partial charge on any atom is 0.272 e. The zero-order valence-electron chi connectivity index (χ0n) is 11.3. The molecule has 0 radical (unpaired) electrons. The molecule has 2 N–H and O–H groups in total. The van der Waals surface area contributed by atoms with Gasteiger partial charge in [-0.15, -0.1) is 0 Å². The number of aryl methyl sites for hydroxylation is 1. The summed E-state index contributed by atoms with van der Waals surface area (Å²) >= 11 is 0. The van der Waals surface area contributed by atoms with Crippen LogP contribution in [0.15, 0.2) is 36.4 Å². The van der Waals surface area contributed by atoms with Gasteiger partial charge in [0.25, 0.3) is 5.69 Å². The van der Waals surface area contributed by atoms with Gasteiger partial charge in [-0.2, -0.15) is 0 Å². The molecule has 0 saturated carbocycles. The van der Waals surface area contributed by atoms with Crippen LogP contribution in [-0.4, -0.2) is 4.92 Å². The average Bonchev–Trinajstić information content (AvgIpc) is 2.43. The van der Waals surface area contributed by atoms with E-state index in [2.05, 4.69) is 0 Å². The number of hydrogen-bond donors (Lipinski definition) is 1. The lowest BCUT2D eigenvalue weighted by molar-refractivity contribution is -0.385. The molecule has 0 heterocycles. The van der Waals surface area contributed by atoms with Crippen LogP contribution in [0.2, 0.25) is 0 Å². The van der Waals surface area contributed by atoms with E-state index in [9.17, 15) is 18.9 Å². The summed E-state index contributed by atoms with van der Waals surface area (Å²) in [7, 11) is 0. The van der Waals surface area contributed by atoms with Gasteiger partial charge in [0.1, 0.15) is 11.6 Å². The Morgan fingerprint density at radius 1 is 1.24 bits per heavy atom. The minimum atomic E-state index is -0.787. The first-order chi connectivity index (χ1) is 9.90. The van der Waals surface area contributed by atoms with E-state index in [0.717, 1.165) is 6.07 Å². The van der Waals surface area contributed by atoms with Crippen LogP contribution in [0.3, 0.4) is 0 Å². The molecule has 0 amide bonds. The zero-order valence-corrected chi connectivity index (χ0v) is 11.3. The van der Waals surface area contributed by atoms with Gasteiger partial charge in [0.2, 0.25) is 0 Å². The Kier molecular flexibility index (Phi) is 4.28. The fourth-order valence-electron chi connectivity index (χ4n) is 2.17. The van der Waals surface area contributed by atoms with Crippen molar-refractivity contribution < 1.29 is 13.7 Å². The minimum Gasteiger partial charge on any atom is -0.324 e. The number of nitrogens with zero attached hydrogens (tertiary/aromatic N) is 1. The molecular formula is C15H14F2N2O2. The molecule has 1 atom stereocenters. The summed E-state index contributed by atoms with van der Waals surface area (Å²) in [4.78, 5) is 10.4.